The third-order valence-corrected chi connectivity index (χ3v) is 2.87. The molecule has 1 amide bonds. The van der Waals surface area contributed by atoms with Crippen molar-refractivity contribution in [2.24, 2.45) is 0 Å². The van der Waals surface area contributed by atoms with Gasteiger partial charge in [-0.05, 0) is 19.1 Å². The van der Waals surface area contributed by atoms with E-state index in [0.717, 1.165) is 10.8 Å². The van der Waals surface area contributed by atoms with Gasteiger partial charge in [0.2, 0.25) is 5.43 Å². The molecule has 0 saturated carbocycles. The molecular weight excluding hydrogens is 258 g/mol. The van der Waals surface area contributed by atoms with E-state index in [2.05, 4.69) is 5.10 Å². The molecule has 0 aliphatic carbocycles. The summed E-state index contributed by atoms with van der Waals surface area (Å²) in [4.78, 5) is 28.7. The van der Waals surface area contributed by atoms with Crippen molar-refractivity contribution in [2.75, 3.05) is 14.2 Å². The molecule has 6 nitrogen and oxygen atoms in total. The van der Waals surface area contributed by atoms with Crippen molar-refractivity contribution in [3.05, 3.63) is 58.0 Å². The fourth-order valence-corrected chi connectivity index (χ4v) is 1.76. The lowest BCUT2D eigenvalue weighted by molar-refractivity contribution is -0.0762. The molecule has 0 fully saturated rings. The van der Waals surface area contributed by atoms with Crippen molar-refractivity contribution < 1.29 is 9.63 Å². The van der Waals surface area contributed by atoms with E-state index >= 15 is 0 Å². The second kappa shape index (κ2) is 5.66. The minimum absolute atomic E-state index is 0.177. The largest absolute Gasteiger partial charge is 0.301 e. The fraction of sp³-hybridized carbons (Fsp3) is 0.214. The van der Waals surface area contributed by atoms with Gasteiger partial charge in [0, 0.05) is 18.8 Å². The number of rotatable bonds is 3. The normalized spacial score (nSPS) is 10.3. The van der Waals surface area contributed by atoms with Gasteiger partial charge >= 0.3 is 5.91 Å². The van der Waals surface area contributed by atoms with Crippen LogP contribution in [0, 0.1) is 6.92 Å². The zero-order valence-corrected chi connectivity index (χ0v) is 11.5. The summed E-state index contributed by atoms with van der Waals surface area (Å²) < 4.78 is 1.55. The molecular formula is C14H15N3O3. The van der Waals surface area contributed by atoms with Crippen LogP contribution >= 0.6 is 0 Å². The number of amides is 1. The molecule has 1 aromatic heterocycles. The van der Waals surface area contributed by atoms with Crippen molar-refractivity contribution in [1.82, 2.24) is 14.8 Å². The summed E-state index contributed by atoms with van der Waals surface area (Å²) in [5.74, 6) is -0.581. The van der Waals surface area contributed by atoms with Gasteiger partial charge in [-0.3, -0.25) is 14.4 Å². The lowest BCUT2D eigenvalue weighted by Crippen LogP contribution is -2.33. The first-order valence-corrected chi connectivity index (χ1v) is 6.03. The van der Waals surface area contributed by atoms with Crippen molar-refractivity contribution in [2.45, 2.75) is 6.92 Å². The molecule has 1 aromatic carbocycles. The second-order valence-corrected chi connectivity index (χ2v) is 4.23. The monoisotopic (exact) mass is 273 g/mol. The summed E-state index contributed by atoms with van der Waals surface area (Å²) in [6.07, 6.45) is 0. The maximum absolute atomic E-state index is 12.0. The first kappa shape index (κ1) is 14.0. The van der Waals surface area contributed by atoms with E-state index < -0.39 is 11.3 Å². The van der Waals surface area contributed by atoms with Crippen LogP contribution < -0.4 is 5.43 Å². The summed E-state index contributed by atoms with van der Waals surface area (Å²) >= 11 is 0. The summed E-state index contributed by atoms with van der Waals surface area (Å²) in [6.45, 7) is 1.76. The van der Waals surface area contributed by atoms with Gasteiger partial charge in [-0.25, -0.2) is 9.75 Å². The van der Waals surface area contributed by atoms with Crippen molar-refractivity contribution >= 4 is 5.91 Å². The number of benzene rings is 1. The predicted octanol–water partition coefficient (Wildman–Crippen LogP) is 1.17. The zero-order valence-electron chi connectivity index (χ0n) is 11.5. The van der Waals surface area contributed by atoms with E-state index in [1.165, 1.54) is 20.2 Å². The Balaban J connectivity index is 2.56. The molecule has 104 valence electrons. The van der Waals surface area contributed by atoms with E-state index in [1.54, 1.807) is 11.6 Å². The van der Waals surface area contributed by atoms with Crippen molar-refractivity contribution in [3.63, 3.8) is 0 Å². The van der Waals surface area contributed by atoms with Gasteiger partial charge in [-0.1, -0.05) is 18.2 Å². The Labute approximate surface area is 116 Å². The van der Waals surface area contributed by atoms with Gasteiger partial charge < -0.3 is 0 Å². The molecule has 0 aliphatic heterocycles. The van der Waals surface area contributed by atoms with Crippen LogP contribution in [0.1, 0.15) is 16.2 Å². The summed E-state index contributed by atoms with van der Waals surface area (Å²) in [5, 5.41) is 5.11. The lowest BCUT2D eigenvalue weighted by atomic mass is 10.2. The number of carbonyl (C=O) groups is 1. The van der Waals surface area contributed by atoms with Crippen LogP contribution in [-0.2, 0) is 4.84 Å². The number of carbonyl (C=O) groups excluding carboxylic acids is 1. The Morgan fingerprint density at radius 2 is 1.95 bits per heavy atom. The molecule has 0 saturated heterocycles. The van der Waals surface area contributed by atoms with E-state index in [0.29, 0.717) is 5.69 Å². The van der Waals surface area contributed by atoms with E-state index in [-0.39, 0.29) is 5.69 Å². The van der Waals surface area contributed by atoms with Crippen LogP contribution in [0.5, 0.6) is 0 Å². The molecule has 6 heteroatoms. The van der Waals surface area contributed by atoms with Crippen molar-refractivity contribution in [3.8, 4) is 5.69 Å². The highest BCUT2D eigenvalue weighted by atomic mass is 16.7. The highest BCUT2D eigenvalue weighted by molar-refractivity contribution is 5.91. The lowest BCUT2D eigenvalue weighted by Gasteiger charge is -2.15. The number of hydroxylamine groups is 2. The maximum Gasteiger partial charge on any atom is 0.301 e. The van der Waals surface area contributed by atoms with Crippen LogP contribution in [-0.4, -0.2) is 34.9 Å². The van der Waals surface area contributed by atoms with Crippen LogP contribution in [0.4, 0.5) is 0 Å². The number of hydrogen-bond donors (Lipinski definition) is 0. The topological polar surface area (TPSA) is 64.4 Å². The average molecular weight is 273 g/mol. The number of hydrogen-bond acceptors (Lipinski definition) is 4. The van der Waals surface area contributed by atoms with Gasteiger partial charge in [0.15, 0.2) is 5.69 Å². The van der Waals surface area contributed by atoms with Gasteiger partial charge in [-0.2, -0.15) is 5.10 Å². The summed E-state index contributed by atoms with van der Waals surface area (Å²) in [7, 11) is 2.78. The van der Waals surface area contributed by atoms with Gasteiger partial charge in [0.25, 0.3) is 0 Å². The van der Waals surface area contributed by atoms with E-state index in [9.17, 15) is 9.59 Å². The molecule has 20 heavy (non-hydrogen) atoms. The van der Waals surface area contributed by atoms with Gasteiger partial charge in [0.1, 0.15) is 0 Å². The number of aromatic nitrogens is 2. The molecule has 0 aliphatic rings. The van der Waals surface area contributed by atoms with Gasteiger partial charge in [-0.15, -0.1) is 0 Å². The zero-order chi connectivity index (χ0) is 14.7. The third kappa shape index (κ3) is 2.60. The van der Waals surface area contributed by atoms with Crippen LogP contribution in [0.3, 0.4) is 0 Å². The summed E-state index contributed by atoms with van der Waals surface area (Å²) in [5.41, 5.74) is 0.823. The molecule has 2 aromatic rings. The second-order valence-electron chi connectivity index (χ2n) is 4.23. The van der Waals surface area contributed by atoms with Gasteiger partial charge in [0.05, 0.1) is 12.8 Å². The molecule has 0 radical (unpaired) electrons. The van der Waals surface area contributed by atoms with E-state index in [1.807, 2.05) is 30.3 Å². The predicted molar refractivity (Wildman–Crippen MR) is 73.7 cm³/mol. The third-order valence-electron chi connectivity index (χ3n) is 2.87. The maximum atomic E-state index is 12.0. The molecule has 1 heterocycles. The minimum Gasteiger partial charge on any atom is -0.287 e. The smallest absolute Gasteiger partial charge is 0.287 e. The highest BCUT2D eigenvalue weighted by Crippen LogP contribution is 2.08. The van der Waals surface area contributed by atoms with Crippen LogP contribution in [0.15, 0.2) is 41.2 Å². The molecule has 0 N–H and O–H groups in total. The standard InChI is InChI=1S/C14H15N3O3/c1-10-9-12(18)13(14(19)16(2)20-3)15-17(10)11-7-5-4-6-8-11/h4-9H,1-3H3. The minimum atomic E-state index is -0.581. The highest BCUT2D eigenvalue weighted by Gasteiger charge is 2.19. The molecule has 2 rings (SSSR count). The molecule has 0 atom stereocenters. The Kier molecular flexibility index (Phi) is 3.95. The average Bonchev–Trinajstić information content (AvgIpc) is 2.46. The Bertz CT molecular complexity index is 680. The molecule has 0 unspecified atom stereocenters. The number of aryl methyl sites for hydroxylation is 1. The van der Waals surface area contributed by atoms with Crippen LogP contribution in [0.25, 0.3) is 5.69 Å². The SMILES string of the molecule is CON(C)C(=O)c1nn(-c2ccccc2)c(C)cc1=O. The van der Waals surface area contributed by atoms with E-state index in [4.69, 9.17) is 4.84 Å². The quantitative estimate of drug-likeness (QED) is 0.788. The first-order valence-electron chi connectivity index (χ1n) is 6.03. The number of nitrogens with zero attached hydrogens (tertiary/aromatic N) is 3. The summed E-state index contributed by atoms with van der Waals surface area (Å²) in [6, 6.07) is 10.7. The Hall–Kier alpha value is -2.47. The van der Waals surface area contributed by atoms with Crippen LogP contribution in [0.2, 0.25) is 0 Å². The first-order chi connectivity index (χ1) is 9.54. The molecule has 0 bridgehead atoms. The molecule has 0 spiro atoms. The number of para-hydroxylation sites is 1. The fourth-order valence-electron chi connectivity index (χ4n) is 1.76. The Morgan fingerprint density at radius 3 is 2.55 bits per heavy atom. The van der Waals surface area contributed by atoms with Crippen molar-refractivity contribution in [1.29, 1.82) is 0 Å². The Morgan fingerprint density at radius 1 is 1.30 bits per heavy atom.